The Balaban J connectivity index is 1.45. The summed E-state index contributed by atoms with van der Waals surface area (Å²) in [5.74, 6) is 0.575. The van der Waals surface area contributed by atoms with E-state index < -0.39 is 0 Å². The summed E-state index contributed by atoms with van der Waals surface area (Å²) in [7, 11) is 1.94. The van der Waals surface area contributed by atoms with Gasteiger partial charge in [0, 0.05) is 30.2 Å². The Kier molecular flexibility index (Phi) is 5.71. The smallest absolute Gasteiger partial charge is 0.276 e. The average Bonchev–Trinajstić information content (AvgIpc) is 3.21. The van der Waals surface area contributed by atoms with Crippen LogP contribution in [0, 0.1) is 0 Å². The second kappa shape index (κ2) is 8.96. The summed E-state index contributed by atoms with van der Waals surface area (Å²) in [5.41, 5.74) is 4.24. The van der Waals surface area contributed by atoms with Crippen LogP contribution in [-0.4, -0.2) is 35.8 Å². The molecule has 0 unspecified atom stereocenters. The van der Waals surface area contributed by atoms with Crippen LogP contribution in [0.2, 0.25) is 0 Å². The fourth-order valence-corrected chi connectivity index (χ4v) is 5.16. The molecular weight excluding hydrogens is 432 g/mol. The molecular formula is C26H22N4O2S. The second-order valence-corrected chi connectivity index (χ2v) is 8.99. The molecule has 1 aliphatic heterocycles. The molecule has 4 heterocycles. The number of hydrogen-bond acceptors (Lipinski definition) is 6. The van der Waals surface area contributed by atoms with Crippen molar-refractivity contribution >= 4 is 35.0 Å². The first kappa shape index (κ1) is 21.0. The third kappa shape index (κ3) is 4.15. The highest BCUT2D eigenvalue weighted by Crippen LogP contribution is 2.41. The lowest BCUT2D eigenvalue weighted by atomic mass is 10.1. The van der Waals surface area contributed by atoms with Crippen molar-refractivity contribution in [2.75, 3.05) is 23.4 Å². The highest BCUT2D eigenvalue weighted by molar-refractivity contribution is 7.17. The number of carbonyl (C=O) groups excluding carboxylic acids is 2. The molecule has 1 aromatic carbocycles. The first-order valence-corrected chi connectivity index (χ1v) is 11.5. The Morgan fingerprint density at radius 2 is 1.97 bits per heavy atom. The fourth-order valence-electron chi connectivity index (χ4n) is 4.10. The number of aromatic nitrogens is 2. The molecule has 0 fully saturated rings. The van der Waals surface area contributed by atoms with Gasteiger partial charge in [-0.1, -0.05) is 30.3 Å². The van der Waals surface area contributed by atoms with Crippen molar-refractivity contribution in [3.63, 3.8) is 0 Å². The van der Waals surface area contributed by atoms with Gasteiger partial charge < -0.3 is 9.80 Å². The first-order valence-electron chi connectivity index (χ1n) is 10.7. The molecule has 0 bridgehead atoms. The number of fused-ring (bicyclic) bond motifs is 3. The molecule has 0 aliphatic carbocycles. The first-order chi connectivity index (χ1) is 16.1. The second-order valence-electron chi connectivity index (χ2n) is 7.90. The predicted octanol–water partition coefficient (Wildman–Crippen LogP) is 4.86. The van der Waals surface area contributed by atoms with Gasteiger partial charge in [0.05, 0.1) is 22.8 Å². The van der Waals surface area contributed by atoms with Crippen molar-refractivity contribution in [2.24, 2.45) is 0 Å². The number of benzene rings is 1. The normalized spacial score (nSPS) is 12.5. The van der Waals surface area contributed by atoms with Gasteiger partial charge in [0.2, 0.25) is 0 Å². The van der Waals surface area contributed by atoms with Crippen molar-refractivity contribution in [3.8, 4) is 10.4 Å². The van der Waals surface area contributed by atoms with E-state index in [9.17, 15) is 9.59 Å². The van der Waals surface area contributed by atoms with Gasteiger partial charge in [0.15, 0.2) is 6.29 Å². The highest BCUT2D eigenvalue weighted by atomic mass is 32.1. The summed E-state index contributed by atoms with van der Waals surface area (Å²) >= 11 is 1.47. The lowest BCUT2D eigenvalue weighted by Gasteiger charge is -2.23. The zero-order valence-corrected chi connectivity index (χ0v) is 19.0. The van der Waals surface area contributed by atoms with Crippen LogP contribution in [0.1, 0.15) is 31.4 Å². The maximum Gasteiger partial charge on any atom is 0.276 e. The largest absolute Gasteiger partial charge is 0.354 e. The van der Waals surface area contributed by atoms with Gasteiger partial charge in [-0.05, 0) is 48.4 Å². The van der Waals surface area contributed by atoms with Crippen molar-refractivity contribution < 1.29 is 9.59 Å². The summed E-state index contributed by atoms with van der Waals surface area (Å²) in [6.45, 7) is 1.12. The van der Waals surface area contributed by atoms with Crippen LogP contribution in [0.3, 0.4) is 0 Å². The summed E-state index contributed by atoms with van der Waals surface area (Å²) < 4.78 is 0. The van der Waals surface area contributed by atoms with Crippen molar-refractivity contribution in [2.45, 2.75) is 13.0 Å². The van der Waals surface area contributed by atoms with Gasteiger partial charge in [-0.25, -0.2) is 4.98 Å². The molecule has 3 aromatic heterocycles. The van der Waals surface area contributed by atoms with Gasteiger partial charge >= 0.3 is 0 Å². The Morgan fingerprint density at radius 3 is 2.79 bits per heavy atom. The molecule has 5 rings (SSSR count). The number of thiophene rings is 1. The van der Waals surface area contributed by atoms with Gasteiger partial charge in [0.25, 0.3) is 5.91 Å². The average molecular weight is 455 g/mol. The van der Waals surface area contributed by atoms with Gasteiger partial charge in [0.1, 0.15) is 11.5 Å². The molecule has 6 nitrogen and oxygen atoms in total. The van der Waals surface area contributed by atoms with Crippen molar-refractivity contribution in [1.29, 1.82) is 0 Å². The third-order valence-electron chi connectivity index (χ3n) is 5.70. The number of nitrogens with zero attached hydrogens (tertiary/aromatic N) is 4. The van der Waals surface area contributed by atoms with E-state index >= 15 is 0 Å². The predicted molar refractivity (Wildman–Crippen MR) is 131 cm³/mol. The summed E-state index contributed by atoms with van der Waals surface area (Å²) in [4.78, 5) is 39.5. The van der Waals surface area contributed by atoms with Crippen LogP contribution in [0.25, 0.3) is 10.4 Å². The minimum atomic E-state index is -0.138. The maximum atomic E-state index is 13.6. The molecule has 0 N–H and O–H groups in total. The number of aldehydes is 1. The Labute approximate surface area is 196 Å². The van der Waals surface area contributed by atoms with E-state index in [0.717, 1.165) is 33.7 Å². The van der Waals surface area contributed by atoms with E-state index in [0.29, 0.717) is 35.9 Å². The van der Waals surface area contributed by atoms with Gasteiger partial charge in [-0.2, -0.15) is 0 Å². The molecule has 0 saturated heterocycles. The molecule has 0 atom stereocenters. The Morgan fingerprint density at radius 1 is 1.12 bits per heavy atom. The monoisotopic (exact) mass is 454 g/mol. The zero-order chi connectivity index (χ0) is 22.8. The molecule has 33 heavy (non-hydrogen) atoms. The zero-order valence-electron chi connectivity index (χ0n) is 18.1. The van der Waals surface area contributed by atoms with Crippen molar-refractivity contribution in [3.05, 3.63) is 94.8 Å². The van der Waals surface area contributed by atoms with E-state index in [1.165, 1.54) is 11.3 Å². The number of carbonyl (C=O) groups is 2. The molecule has 1 amide bonds. The summed E-state index contributed by atoms with van der Waals surface area (Å²) in [5, 5.41) is 0. The molecule has 164 valence electrons. The fraction of sp³-hybridized carbons (Fsp3) is 0.154. The maximum absolute atomic E-state index is 13.6. The number of amides is 1. The van der Waals surface area contributed by atoms with Crippen LogP contribution in [0.5, 0.6) is 0 Å². The van der Waals surface area contributed by atoms with E-state index in [2.05, 4.69) is 9.97 Å². The van der Waals surface area contributed by atoms with Crippen LogP contribution in [0.4, 0.5) is 11.5 Å². The summed E-state index contributed by atoms with van der Waals surface area (Å²) in [6, 6.07) is 21.1. The van der Waals surface area contributed by atoms with Crippen molar-refractivity contribution in [1.82, 2.24) is 9.97 Å². The molecule has 0 radical (unpaired) electrons. The molecule has 4 aromatic rings. The van der Waals surface area contributed by atoms with Crippen LogP contribution in [0.15, 0.2) is 72.9 Å². The summed E-state index contributed by atoms with van der Waals surface area (Å²) in [6.07, 6.45) is 3.34. The standard InChI is InChI=1S/C26H22N4O2S/c1-29(16-19-7-4-5-13-27-19)24-11-6-9-22(28-24)26(32)30-14-12-18-15-20(17-31)33-25(18)21-8-2-3-10-23(21)30/h2-11,13,15,17H,12,14,16H2,1H3. The lowest BCUT2D eigenvalue weighted by Crippen LogP contribution is -2.33. The van der Waals surface area contributed by atoms with E-state index in [-0.39, 0.29) is 5.91 Å². The number of pyridine rings is 2. The van der Waals surface area contributed by atoms with E-state index in [1.807, 2.05) is 72.6 Å². The minimum Gasteiger partial charge on any atom is -0.354 e. The topological polar surface area (TPSA) is 66.4 Å². The Hall–Kier alpha value is -3.84. The quantitative estimate of drug-likeness (QED) is 0.403. The van der Waals surface area contributed by atoms with E-state index in [1.54, 1.807) is 17.2 Å². The molecule has 0 saturated carbocycles. The lowest BCUT2D eigenvalue weighted by molar-refractivity contribution is 0.0982. The van der Waals surface area contributed by atoms with E-state index in [4.69, 9.17) is 0 Å². The minimum absolute atomic E-state index is 0.138. The number of rotatable bonds is 5. The number of anilines is 2. The van der Waals surface area contributed by atoms with Gasteiger partial charge in [-0.15, -0.1) is 11.3 Å². The highest BCUT2D eigenvalue weighted by Gasteiger charge is 2.27. The molecule has 0 spiro atoms. The van der Waals surface area contributed by atoms with Gasteiger partial charge in [-0.3, -0.25) is 14.6 Å². The number of hydrogen-bond donors (Lipinski definition) is 0. The SMILES string of the molecule is CN(Cc1ccccn1)c1cccc(C(=O)N2CCc3cc(C=O)sc3-c3ccccc32)n1. The van der Waals surface area contributed by atoms with Crippen LogP contribution < -0.4 is 9.80 Å². The molecule has 1 aliphatic rings. The Bertz CT molecular complexity index is 1320. The van der Waals surface area contributed by atoms with Crippen LogP contribution >= 0.6 is 11.3 Å². The molecule has 7 heteroatoms. The number of para-hydroxylation sites is 1. The third-order valence-corrected chi connectivity index (χ3v) is 6.84. The van der Waals surface area contributed by atoms with Crippen LogP contribution in [-0.2, 0) is 13.0 Å².